The van der Waals surface area contributed by atoms with E-state index in [1.807, 2.05) is 36.5 Å². The molecule has 0 spiro atoms. The summed E-state index contributed by atoms with van der Waals surface area (Å²) in [5.74, 6) is -0.243. The average molecular weight is 370 g/mol. The van der Waals surface area contributed by atoms with Crippen LogP contribution in [0.1, 0.15) is 22.8 Å². The van der Waals surface area contributed by atoms with E-state index in [1.165, 1.54) is 0 Å². The Morgan fingerprint density at radius 1 is 1.22 bits per heavy atom. The van der Waals surface area contributed by atoms with Gasteiger partial charge in [-0.15, -0.1) is 0 Å². The van der Waals surface area contributed by atoms with Gasteiger partial charge in [0.05, 0.1) is 11.8 Å². The molecule has 1 amide bonds. The molecular formula is C18H16BrN3O. The molecule has 0 unspecified atom stereocenters. The zero-order valence-corrected chi connectivity index (χ0v) is 14.2. The molecule has 0 bridgehead atoms. The van der Waals surface area contributed by atoms with Crippen molar-refractivity contribution in [2.75, 3.05) is 0 Å². The lowest BCUT2D eigenvalue weighted by atomic mass is 10.2. The monoisotopic (exact) mass is 369 g/mol. The molecule has 23 heavy (non-hydrogen) atoms. The number of amides is 1. The number of benzene rings is 2. The Hall–Kier alpha value is -2.40. The van der Waals surface area contributed by atoms with E-state index in [-0.39, 0.29) is 5.91 Å². The number of carbonyl (C=O) groups is 1. The third-order valence-corrected chi connectivity index (χ3v) is 4.34. The maximum Gasteiger partial charge on any atom is 0.272 e. The minimum Gasteiger partial charge on any atom is -0.347 e. The molecule has 0 aliphatic carbocycles. The summed E-state index contributed by atoms with van der Waals surface area (Å²) in [7, 11) is 0. The van der Waals surface area contributed by atoms with Crippen LogP contribution in [0, 0.1) is 0 Å². The van der Waals surface area contributed by atoms with Gasteiger partial charge < -0.3 is 4.57 Å². The van der Waals surface area contributed by atoms with Gasteiger partial charge >= 0.3 is 0 Å². The number of halogens is 1. The number of nitrogens with zero attached hydrogens (tertiary/aromatic N) is 2. The van der Waals surface area contributed by atoms with Gasteiger partial charge in [-0.05, 0) is 41.1 Å². The van der Waals surface area contributed by atoms with Gasteiger partial charge in [-0.3, -0.25) is 4.79 Å². The molecule has 1 N–H and O–H groups in total. The number of fused-ring (bicyclic) bond motifs is 1. The predicted molar refractivity (Wildman–Crippen MR) is 96.8 cm³/mol. The number of aryl methyl sites for hydroxylation is 1. The maximum atomic E-state index is 12.1. The summed E-state index contributed by atoms with van der Waals surface area (Å²) < 4.78 is 2.90. The molecule has 4 nitrogen and oxygen atoms in total. The first-order valence-corrected chi connectivity index (χ1v) is 8.16. The minimum atomic E-state index is -0.243. The van der Waals surface area contributed by atoms with E-state index in [4.69, 9.17) is 0 Å². The van der Waals surface area contributed by atoms with Crippen molar-refractivity contribution in [2.45, 2.75) is 13.5 Å². The number of aromatic nitrogens is 1. The number of hydrogen-bond donors (Lipinski definition) is 1. The summed E-state index contributed by atoms with van der Waals surface area (Å²) >= 11 is 3.36. The van der Waals surface area contributed by atoms with Crippen molar-refractivity contribution >= 4 is 39.0 Å². The van der Waals surface area contributed by atoms with Gasteiger partial charge in [-0.25, -0.2) is 5.43 Å². The van der Waals surface area contributed by atoms with E-state index < -0.39 is 0 Å². The molecular weight excluding hydrogens is 354 g/mol. The molecule has 5 heteroatoms. The van der Waals surface area contributed by atoms with E-state index in [0.29, 0.717) is 5.56 Å². The number of para-hydroxylation sites is 1. The van der Waals surface area contributed by atoms with E-state index in [0.717, 1.165) is 27.5 Å². The highest BCUT2D eigenvalue weighted by Crippen LogP contribution is 2.20. The lowest BCUT2D eigenvalue weighted by Crippen LogP contribution is -2.18. The molecule has 116 valence electrons. The number of nitrogens with one attached hydrogen (secondary N) is 1. The van der Waals surface area contributed by atoms with E-state index in [1.54, 1.807) is 12.3 Å². The minimum absolute atomic E-state index is 0.243. The first-order valence-electron chi connectivity index (χ1n) is 7.36. The molecule has 2 aromatic carbocycles. The van der Waals surface area contributed by atoms with E-state index in [9.17, 15) is 4.79 Å². The summed E-state index contributed by atoms with van der Waals surface area (Å²) in [6.45, 7) is 2.99. The SMILES string of the molecule is CCn1cc(/C=N/NC(=O)c2ccccc2Br)c2ccccc21. The number of hydrogen-bond acceptors (Lipinski definition) is 2. The largest absolute Gasteiger partial charge is 0.347 e. The lowest BCUT2D eigenvalue weighted by molar-refractivity contribution is 0.0954. The summed E-state index contributed by atoms with van der Waals surface area (Å²) in [4.78, 5) is 12.1. The molecule has 1 heterocycles. The van der Waals surface area contributed by atoms with Crippen molar-refractivity contribution < 1.29 is 4.79 Å². The van der Waals surface area contributed by atoms with Gasteiger partial charge in [0.2, 0.25) is 0 Å². The fourth-order valence-corrected chi connectivity index (χ4v) is 2.97. The summed E-state index contributed by atoms with van der Waals surface area (Å²) in [5, 5.41) is 5.22. The van der Waals surface area contributed by atoms with Gasteiger partial charge in [0.25, 0.3) is 5.91 Å². The van der Waals surface area contributed by atoms with Crippen LogP contribution in [0.15, 0.2) is 64.3 Å². The molecule has 3 rings (SSSR count). The Bertz CT molecular complexity index is 883. The first-order chi connectivity index (χ1) is 11.2. The van der Waals surface area contributed by atoms with Crippen LogP contribution in [0.25, 0.3) is 10.9 Å². The Balaban J connectivity index is 1.81. The van der Waals surface area contributed by atoms with Crippen molar-refractivity contribution in [3.63, 3.8) is 0 Å². The van der Waals surface area contributed by atoms with Crippen LogP contribution in [0.5, 0.6) is 0 Å². The zero-order valence-electron chi connectivity index (χ0n) is 12.7. The molecule has 0 fully saturated rings. The molecule has 0 aliphatic rings. The molecule has 0 saturated carbocycles. The molecule has 0 saturated heterocycles. The fourth-order valence-electron chi connectivity index (χ4n) is 2.51. The topological polar surface area (TPSA) is 46.4 Å². The van der Waals surface area contributed by atoms with E-state index in [2.05, 4.69) is 50.1 Å². The zero-order chi connectivity index (χ0) is 16.2. The second-order valence-electron chi connectivity index (χ2n) is 5.07. The van der Waals surface area contributed by atoms with Crippen molar-refractivity contribution in [1.29, 1.82) is 0 Å². The van der Waals surface area contributed by atoms with Crippen LogP contribution in [0.2, 0.25) is 0 Å². The quantitative estimate of drug-likeness (QED) is 0.543. The van der Waals surface area contributed by atoms with Crippen LogP contribution >= 0.6 is 15.9 Å². The average Bonchev–Trinajstić information content (AvgIpc) is 2.93. The number of carbonyl (C=O) groups excluding carboxylic acids is 1. The van der Waals surface area contributed by atoms with Crippen LogP contribution in [0.3, 0.4) is 0 Å². The molecule has 1 aromatic heterocycles. The smallest absolute Gasteiger partial charge is 0.272 e. The predicted octanol–water partition coefficient (Wildman–Crippen LogP) is 4.19. The van der Waals surface area contributed by atoms with Crippen molar-refractivity contribution in [1.82, 2.24) is 9.99 Å². The second-order valence-corrected chi connectivity index (χ2v) is 5.92. The van der Waals surface area contributed by atoms with Gasteiger partial charge in [0, 0.05) is 33.7 Å². The first kappa shape index (κ1) is 15.5. The van der Waals surface area contributed by atoms with Crippen LogP contribution < -0.4 is 5.43 Å². The number of hydrazone groups is 1. The molecule has 3 aromatic rings. The van der Waals surface area contributed by atoms with Gasteiger partial charge in [-0.2, -0.15) is 5.10 Å². The van der Waals surface area contributed by atoms with Crippen molar-refractivity contribution in [3.8, 4) is 0 Å². The third kappa shape index (κ3) is 3.19. The third-order valence-electron chi connectivity index (χ3n) is 3.65. The molecule has 0 radical (unpaired) electrons. The Labute approximate surface area is 142 Å². The van der Waals surface area contributed by atoms with Gasteiger partial charge in [0.15, 0.2) is 0 Å². The fraction of sp³-hybridized carbons (Fsp3) is 0.111. The Kier molecular flexibility index (Phi) is 4.57. The van der Waals surface area contributed by atoms with Crippen LogP contribution in [-0.2, 0) is 6.54 Å². The van der Waals surface area contributed by atoms with Gasteiger partial charge in [-0.1, -0.05) is 30.3 Å². The highest BCUT2D eigenvalue weighted by Gasteiger charge is 2.08. The van der Waals surface area contributed by atoms with Crippen LogP contribution in [0.4, 0.5) is 0 Å². The van der Waals surface area contributed by atoms with Crippen LogP contribution in [-0.4, -0.2) is 16.7 Å². The second kappa shape index (κ2) is 6.79. The summed E-state index contributed by atoms with van der Waals surface area (Å²) in [6, 6.07) is 15.4. The highest BCUT2D eigenvalue weighted by molar-refractivity contribution is 9.10. The molecule has 0 atom stereocenters. The van der Waals surface area contributed by atoms with Crippen molar-refractivity contribution in [2.24, 2.45) is 5.10 Å². The van der Waals surface area contributed by atoms with Crippen molar-refractivity contribution in [3.05, 3.63) is 70.3 Å². The summed E-state index contributed by atoms with van der Waals surface area (Å²) in [5.41, 5.74) is 5.27. The highest BCUT2D eigenvalue weighted by atomic mass is 79.9. The van der Waals surface area contributed by atoms with Gasteiger partial charge in [0.1, 0.15) is 0 Å². The number of rotatable bonds is 4. The Morgan fingerprint density at radius 2 is 1.96 bits per heavy atom. The maximum absolute atomic E-state index is 12.1. The lowest BCUT2D eigenvalue weighted by Gasteiger charge is -2.01. The standard InChI is InChI=1S/C18H16BrN3O/c1-2-22-12-13(14-7-4-6-10-17(14)22)11-20-21-18(23)15-8-3-5-9-16(15)19/h3-12H,2H2,1H3,(H,21,23)/b20-11+. The Morgan fingerprint density at radius 3 is 2.74 bits per heavy atom. The van der Waals surface area contributed by atoms with E-state index >= 15 is 0 Å². The summed E-state index contributed by atoms with van der Waals surface area (Å²) in [6.07, 6.45) is 3.72. The normalized spacial score (nSPS) is 11.2. The molecule has 0 aliphatic heterocycles.